The predicted octanol–water partition coefficient (Wildman–Crippen LogP) is 4.24. The Morgan fingerprint density at radius 1 is 1.25 bits per heavy atom. The first kappa shape index (κ1) is 17.1. The number of amides is 1. The number of hydrogen-bond acceptors (Lipinski definition) is 3. The lowest BCUT2D eigenvalue weighted by molar-refractivity contribution is -0.149. The monoisotopic (exact) mass is 399 g/mol. The molecule has 0 unspecified atom stereocenters. The molecular formula is C17H16BrF2NO3. The molecule has 3 rings (SSSR count). The number of ether oxygens (including phenoxy) is 1. The Hall–Kier alpha value is -1.76. The highest BCUT2D eigenvalue weighted by Gasteiger charge is 2.49. The van der Waals surface area contributed by atoms with Crippen LogP contribution in [-0.4, -0.2) is 17.5 Å². The van der Waals surface area contributed by atoms with E-state index in [0.29, 0.717) is 18.9 Å². The fraction of sp³-hybridized carbons (Fsp3) is 0.412. The Kier molecular flexibility index (Phi) is 4.46. The van der Waals surface area contributed by atoms with Crippen molar-refractivity contribution in [1.29, 1.82) is 0 Å². The summed E-state index contributed by atoms with van der Waals surface area (Å²) in [7, 11) is 0. The van der Waals surface area contributed by atoms with E-state index >= 15 is 0 Å². The zero-order valence-corrected chi connectivity index (χ0v) is 14.6. The second-order valence-corrected chi connectivity index (χ2v) is 7.00. The van der Waals surface area contributed by atoms with Crippen LogP contribution in [0.5, 0.6) is 0 Å². The quantitative estimate of drug-likeness (QED) is 0.756. The molecule has 24 heavy (non-hydrogen) atoms. The maximum Gasteiger partial charge on any atom is 0.335 e. The zero-order chi connectivity index (χ0) is 17.5. The SMILES string of the molecule is CC1=C(C(=O)Nc2c(F)cc(F)cc2Br)C2(CCCCC2)OC1=O. The van der Waals surface area contributed by atoms with Gasteiger partial charge in [-0.1, -0.05) is 6.42 Å². The van der Waals surface area contributed by atoms with Crippen molar-refractivity contribution < 1.29 is 23.1 Å². The number of hydrogen-bond donors (Lipinski definition) is 1. The molecule has 0 aromatic heterocycles. The molecule has 7 heteroatoms. The number of anilines is 1. The molecule has 1 aromatic rings. The van der Waals surface area contributed by atoms with E-state index in [-0.39, 0.29) is 21.3 Å². The van der Waals surface area contributed by atoms with Gasteiger partial charge >= 0.3 is 5.97 Å². The van der Waals surface area contributed by atoms with E-state index in [1.807, 2.05) is 0 Å². The van der Waals surface area contributed by atoms with Crippen LogP contribution in [0.1, 0.15) is 39.0 Å². The number of carbonyl (C=O) groups is 2. The first-order valence-corrected chi connectivity index (χ1v) is 8.54. The van der Waals surface area contributed by atoms with Gasteiger partial charge in [-0.25, -0.2) is 13.6 Å². The van der Waals surface area contributed by atoms with Gasteiger partial charge in [0.25, 0.3) is 5.91 Å². The number of nitrogens with one attached hydrogen (secondary N) is 1. The lowest BCUT2D eigenvalue weighted by Crippen LogP contribution is -2.39. The van der Waals surface area contributed by atoms with Gasteiger partial charge in [0.2, 0.25) is 0 Å². The van der Waals surface area contributed by atoms with Crippen molar-refractivity contribution in [2.75, 3.05) is 5.32 Å². The first-order valence-electron chi connectivity index (χ1n) is 7.75. The van der Waals surface area contributed by atoms with Crippen molar-refractivity contribution >= 4 is 33.5 Å². The van der Waals surface area contributed by atoms with Crippen LogP contribution in [0.2, 0.25) is 0 Å². The minimum absolute atomic E-state index is 0.0922. The van der Waals surface area contributed by atoms with Crippen molar-refractivity contribution in [1.82, 2.24) is 0 Å². The van der Waals surface area contributed by atoms with E-state index < -0.39 is 29.1 Å². The van der Waals surface area contributed by atoms with Crippen molar-refractivity contribution in [3.8, 4) is 0 Å². The molecule has 1 spiro atoms. The number of esters is 1. The molecular weight excluding hydrogens is 384 g/mol. The van der Waals surface area contributed by atoms with Crippen LogP contribution in [0.4, 0.5) is 14.5 Å². The molecule has 0 atom stereocenters. The highest BCUT2D eigenvalue weighted by Crippen LogP contribution is 2.44. The predicted molar refractivity (Wildman–Crippen MR) is 87.3 cm³/mol. The summed E-state index contributed by atoms with van der Waals surface area (Å²) in [5.74, 6) is -2.75. The van der Waals surface area contributed by atoms with Gasteiger partial charge in [-0.15, -0.1) is 0 Å². The molecule has 128 valence electrons. The van der Waals surface area contributed by atoms with Crippen LogP contribution in [0.3, 0.4) is 0 Å². The summed E-state index contributed by atoms with van der Waals surface area (Å²) in [6.45, 7) is 1.54. The van der Waals surface area contributed by atoms with E-state index in [1.54, 1.807) is 0 Å². The van der Waals surface area contributed by atoms with Gasteiger partial charge in [-0.3, -0.25) is 4.79 Å². The van der Waals surface area contributed by atoms with Crippen molar-refractivity contribution in [3.63, 3.8) is 0 Å². The lowest BCUT2D eigenvalue weighted by atomic mass is 9.78. The van der Waals surface area contributed by atoms with Gasteiger partial charge < -0.3 is 10.1 Å². The molecule has 0 radical (unpaired) electrons. The Morgan fingerprint density at radius 2 is 1.92 bits per heavy atom. The largest absolute Gasteiger partial charge is 0.451 e. The molecule has 1 aliphatic carbocycles. The molecule has 2 aliphatic rings. The third-order valence-electron chi connectivity index (χ3n) is 4.56. The molecule has 1 heterocycles. The molecule has 1 fully saturated rings. The Morgan fingerprint density at radius 3 is 2.54 bits per heavy atom. The number of benzene rings is 1. The fourth-order valence-corrected chi connectivity index (χ4v) is 3.95. The van der Waals surface area contributed by atoms with Crippen molar-refractivity contribution in [2.24, 2.45) is 0 Å². The maximum absolute atomic E-state index is 14.0. The maximum atomic E-state index is 14.0. The number of carbonyl (C=O) groups excluding carboxylic acids is 2. The topological polar surface area (TPSA) is 55.4 Å². The summed E-state index contributed by atoms with van der Waals surface area (Å²) in [6, 6.07) is 1.75. The second-order valence-electron chi connectivity index (χ2n) is 6.14. The summed E-state index contributed by atoms with van der Waals surface area (Å²) in [4.78, 5) is 24.8. The van der Waals surface area contributed by atoms with Crippen LogP contribution < -0.4 is 5.32 Å². The Bertz CT molecular complexity index is 731. The number of rotatable bonds is 2. The van der Waals surface area contributed by atoms with Gasteiger partial charge in [0, 0.05) is 16.1 Å². The summed E-state index contributed by atoms with van der Waals surface area (Å²) >= 11 is 3.04. The average Bonchev–Trinajstić information content (AvgIpc) is 2.74. The lowest BCUT2D eigenvalue weighted by Gasteiger charge is -2.34. The highest BCUT2D eigenvalue weighted by molar-refractivity contribution is 9.10. The molecule has 1 aromatic carbocycles. The second kappa shape index (κ2) is 6.27. The summed E-state index contributed by atoms with van der Waals surface area (Å²) < 4.78 is 32.8. The molecule has 4 nitrogen and oxygen atoms in total. The molecule has 0 bridgehead atoms. The van der Waals surface area contributed by atoms with Crippen LogP contribution in [0, 0.1) is 11.6 Å². The summed E-state index contributed by atoms with van der Waals surface area (Å²) in [6.07, 6.45) is 3.88. The third kappa shape index (κ3) is 2.85. The van der Waals surface area contributed by atoms with Crippen LogP contribution in [0.15, 0.2) is 27.8 Å². The minimum atomic E-state index is -0.924. The van der Waals surface area contributed by atoms with E-state index in [4.69, 9.17) is 4.74 Å². The third-order valence-corrected chi connectivity index (χ3v) is 5.18. The average molecular weight is 400 g/mol. The smallest absolute Gasteiger partial charge is 0.335 e. The molecule has 0 saturated heterocycles. The number of halogens is 3. The molecule has 1 N–H and O–H groups in total. The van der Waals surface area contributed by atoms with Crippen LogP contribution in [0.25, 0.3) is 0 Å². The van der Waals surface area contributed by atoms with E-state index in [1.165, 1.54) is 6.92 Å². The van der Waals surface area contributed by atoms with E-state index in [0.717, 1.165) is 25.3 Å². The van der Waals surface area contributed by atoms with E-state index in [2.05, 4.69) is 21.2 Å². The summed E-state index contributed by atoms with van der Waals surface area (Å²) in [5.41, 5.74) is -0.588. The zero-order valence-electron chi connectivity index (χ0n) is 13.0. The fourth-order valence-electron chi connectivity index (χ4n) is 3.44. The van der Waals surface area contributed by atoms with Crippen molar-refractivity contribution in [3.05, 3.63) is 39.4 Å². The van der Waals surface area contributed by atoms with Crippen molar-refractivity contribution in [2.45, 2.75) is 44.6 Å². The van der Waals surface area contributed by atoms with Gasteiger partial charge in [-0.2, -0.15) is 0 Å². The van der Waals surface area contributed by atoms with Crippen LogP contribution in [-0.2, 0) is 14.3 Å². The van der Waals surface area contributed by atoms with Gasteiger partial charge in [0.15, 0.2) is 5.82 Å². The van der Waals surface area contributed by atoms with Gasteiger partial charge in [0.05, 0.1) is 11.3 Å². The first-order chi connectivity index (χ1) is 11.3. The Labute approximate surface area is 146 Å². The van der Waals surface area contributed by atoms with Gasteiger partial charge in [-0.05, 0) is 54.6 Å². The molecule has 1 saturated carbocycles. The normalized spacial score (nSPS) is 19.6. The molecule has 1 amide bonds. The van der Waals surface area contributed by atoms with Crippen LogP contribution >= 0.6 is 15.9 Å². The minimum Gasteiger partial charge on any atom is -0.451 e. The van der Waals surface area contributed by atoms with Gasteiger partial charge in [0.1, 0.15) is 11.4 Å². The standard InChI is InChI=1S/C17H16BrF2NO3/c1-9-13(17(24-16(9)23)5-3-2-4-6-17)15(22)21-14-11(18)7-10(19)8-12(14)20/h7-8H,2-6H2,1H3,(H,21,22). The highest BCUT2D eigenvalue weighted by atomic mass is 79.9. The summed E-state index contributed by atoms with van der Waals surface area (Å²) in [5, 5.41) is 2.45. The Balaban J connectivity index is 1.95. The van der Waals surface area contributed by atoms with E-state index in [9.17, 15) is 18.4 Å². The molecule has 1 aliphatic heterocycles.